The minimum absolute atomic E-state index is 0.0630. The summed E-state index contributed by atoms with van der Waals surface area (Å²) < 4.78 is 1.78. The molecule has 2 aromatic rings. The van der Waals surface area contributed by atoms with Gasteiger partial charge in [0.1, 0.15) is 0 Å². The van der Waals surface area contributed by atoms with Gasteiger partial charge in [0.25, 0.3) is 5.69 Å². The molecule has 2 rings (SSSR count). The van der Waals surface area contributed by atoms with E-state index in [1.165, 1.54) is 0 Å². The Morgan fingerprint density at radius 1 is 1.43 bits per heavy atom. The number of nitrogens with zero attached hydrogens (tertiary/aromatic N) is 3. The second kappa shape index (κ2) is 6.49. The molecule has 1 N–H and O–H groups in total. The van der Waals surface area contributed by atoms with E-state index in [1.807, 2.05) is 32.3 Å². The molecule has 0 spiro atoms. The molecule has 6 nitrogen and oxygen atoms in total. The van der Waals surface area contributed by atoms with Crippen LogP contribution in [0.5, 0.6) is 0 Å². The zero-order valence-electron chi connectivity index (χ0n) is 12.5. The zero-order chi connectivity index (χ0) is 15.4. The van der Waals surface area contributed by atoms with Crippen molar-refractivity contribution in [1.29, 1.82) is 0 Å². The molecule has 1 heterocycles. The summed E-state index contributed by atoms with van der Waals surface area (Å²) >= 11 is 0. The van der Waals surface area contributed by atoms with Crippen LogP contribution in [0.3, 0.4) is 0 Å². The number of aromatic nitrogens is 2. The van der Waals surface area contributed by atoms with Gasteiger partial charge in [-0.05, 0) is 25.5 Å². The van der Waals surface area contributed by atoms with Gasteiger partial charge >= 0.3 is 0 Å². The molecule has 0 aliphatic heterocycles. The molecule has 0 fully saturated rings. The third-order valence-corrected chi connectivity index (χ3v) is 3.53. The number of aryl methyl sites for hydroxylation is 2. The Bertz CT molecular complexity index is 636. The maximum absolute atomic E-state index is 11.0. The highest BCUT2D eigenvalue weighted by molar-refractivity contribution is 5.43. The van der Waals surface area contributed by atoms with E-state index in [0.29, 0.717) is 5.56 Å². The van der Waals surface area contributed by atoms with Gasteiger partial charge in [-0.2, -0.15) is 5.10 Å². The topological polar surface area (TPSA) is 73.0 Å². The molecule has 1 aromatic carbocycles. The van der Waals surface area contributed by atoms with Crippen LogP contribution in [0.1, 0.15) is 29.8 Å². The first-order chi connectivity index (χ1) is 9.97. The number of hydrogen-bond donors (Lipinski definition) is 1. The van der Waals surface area contributed by atoms with Crippen molar-refractivity contribution in [2.24, 2.45) is 7.05 Å². The largest absolute Gasteiger partial charge is 0.310 e. The van der Waals surface area contributed by atoms with Gasteiger partial charge < -0.3 is 5.32 Å². The van der Waals surface area contributed by atoms with Gasteiger partial charge in [-0.25, -0.2) is 0 Å². The Balaban J connectivity index is 1.95. The van der Waals surface area contributed by atoms with E-state index in [9.17, 15) is 10.1 Å². The first-order valence-electron chi connectivity index (χ1n) is 6.94. The fourth-order valence-corrected chi connectivity index (χ4v) is 2.22. The highest BCUT2D eigenvalue weighted by Gasteiger charge is 2.14. The van der Waals surface area contributed by atoms with Gasteiger partial charge in [0.15, 0.2) is 0 Å². The first kappa shape index (κ1) is 15.2. The van der Waals surface area contributed by atoms with Crippen LogP contribution in [0, 0.1) is 17.0 Å². The van der Waals surface area contributed by atoms with Crippen molar-refractivity contribution in [3.8, 4) is 0 Å². The van der Waals surface area contributed by atoms with Crippen molar-refractivity contribution in [3.63, 3.8) is 0 Å². The van der Waals surface area contributed by atoms with Gasteiger partial charge in [0, 0.05) is 43.9 Å². The molecule has 0 saturated heterocycles. The highest BCUT2D eigenvalue weighted by Crippen LogP contribution is 2.23. The Morgan fingerprint density at radius 3 is 2.81 bits per heavy atom. The summed E-state index contributed by atoms with van der Waals surface area (Å²) in [5, 5.41) is 18.7. The molecule has 0 bridgehead atoms. The van der Waals surface area contributed by atoms with Crippen LogP contribution in [0.25, 0.3) is 0 Å². The van der Waals surface area contributed by atoms with Crippen LogP contribution in [0.15, 0.2) is 30.5 Å². The third kappa shape index (κ3) is 3.88. The predicted molar refractivity (Wildman–Crippen MR) is 81.2 cm³/mol. The van der Waals surface area contributed by atoms with Gasteiger partial charge in [0.2, 0.25) is 0 Å². The standard InChI is InChI=1S/C15H20N4O2/c1-11-4-5-13(10-15(11)19(20)21)12(2)16-8-6-14-7-9-18(3)17-14/h4-5,7,9-10,12,16H,6,8H2,1-3H3. The minimum atomic E-state index is -0.334. The van der Waals surface area contributed by atoms with Crippen molar-refractivity contribution in [1.82, 2.24) is 15.1 Å². The van der Waals surface area contributed by atoms with Crippen molar-refractivity contribution >= 4 is 5.69 Å². The van der Waals surface area contributed by atoms with Gasteiger partial charge in [-0.15, -0.1) is 0 Å². The van der Waals surface area contributed by atoms with Crippen LogP contribution in [-0.4, -0.2) is 21.2 Å². The third-order valence-electron chi connectivity index (χ3n) is 3.53. The Kier molecular flexibility index (Phi) is 4.70. The molecular formula is C15H20N4O2. The summed E-state index contributed by atoms with van der Waals surface area (Å²) in [6.07, 6.45) is 2.75. The smallest absolute Gasteiger partial charge is 0.272 e. The quantitative estimate of drug-likeness (QED) is 0.655. The maximum atomic E-state index is 11.0. The Labute approximate surface area is 123 Å². The molecule has 1 atom stereocenters. The molecule has 0 aliphatic carbocycles. The predicted octanol–water partition coefficient (Wildman–Crippen LogP) is 2.53. The average molecular weight is 288 g/mol. The number of nitro benzene ring substituents is 1. The van der Waals surface area contributed by atoms with Crippen LogP contribution in [-0.2, 0) is 13.5 Å². The van der Waals surface area contributed by atoms with Crippen LogP contribution >= 0.6 is 0 Å². The van der Waals surface area contributed by atoms with Crippen LogP contribution in [0.4, 0.5) is 5.69 Å². The van der Waals surface area contributed by atoms with Crippen molar-refractivity contribution in [2.45, 2.75) is 26.3 Å². The normalized spacial score (nSPS) is 12.3. The second-order valence-corrected chi connectivity index (χ2v) is 5.21. The number of nitrogens with one attached hydrogen (secondary N) is 1. The summed E-state index contributed by atoms with van der Waals surface area (Å²) in [5.41, 5.74) is 2.82. The number of nitro groups is 1. The number of hydrogen-bond acceptors (Lipinski definition) is 4. The van der Waals surface area contributed by atoms with Crippen LogP contribution < -0.4 is 5.32 Å². The zero-order valence-corrected chi connectivity index (χ0v) is 12.5. The molecule has 0 radical (unpaired) electrons. The SMILES string of the molecule is Cc1ccc(C(C)NCCc2ccn(C)n2)cc1[N+](=O)[O-]. The van der Waals surface area contributed by atoms with E-state index in [0.717, 1.165) is 24.2 Å². The molecule has 6 heteroatoms. The van der Waals surface area contributed by atoms with Gasteiger partial charge in [0.05, 0.1) is 10.6 Å². The summed E-state index contributed by atoms with van der Waals surface area (Å²) in [6.45, 7) is 4.54. The van der Waals surface area contributed by atoms with Crippen molar-refractivity contribution in [2.75, 3.05) is 6.54 Å². The van der Waals surface area contributed by atoms with Crippen LogP contribution in [0.2, 0.25) is 0 Å². The van der Waals surface area contributed by atoms with E-state index < -0.39 is 0 Å². The highest BCUT2D eigenvalue weighted by atomic mass is 16.6. The number of rotatable bonds is 6. The van der Waals surface area contributed by atoms with Gasteiger partial charge in [-0.1, -0.05) is 12.1 Å². The van der Waals surface area contributed by atoms with Crippen molar-refractivity contribution < 1.29 is 4.92 Å². The minimum Gasteiger partial charge on any atom is -0.310 e. The molecule has 0 amide bonds. The fourth-order valence-electron chi connectivity index (χ4n) is 2.22. The lowest BCUT2D eigenvalue weighted by molar-refractivity contribution is -0.385. The summed E-state index contributed by atoms with van der Waals surface area (Å²) in [5.74, 6) is 0. The van der Waals surface area contributed by atoms with Crippen molar-refractivity contribution in [3.05, 3.63) is 57.4 Å². The Hall–Kier alpha value is -2.21. The molecular weight excluding hydrogens is 268 g/mol. The molecule has 0 aliphatic rings. The summed E-state index contributed by atoms with van der Waals surface area (Å²) in [6, 6.07) is 7.43. The molecule has 21 heavy (non-hydrogen) atoms. The van der Waals surface area contributed by atoms with E-state index in [1.54, 1.807) is 23.7 Å². The lowest BCUT2D eigenvalue weighted by Gasteiger charge is -2.14. The first-order valence-corrected chi connectivity index (χ1v) is 6.94. The van der Waals surface area contributed by atoms with Gasteiger partial charge in [-0.3, -0.25) is 14.8 Å². The van der Waals surface area contributed by atoms with E-state index >= 15 is 0 Å². The van der Waals surface area contributed by atoms with E-state index in [2.05, 4.69) is 10.4 Å². The lowest BCUT2D eigenvalue weighted by atomic mass is 10.0. The molecule has 0 saturated carbocycles. The molecule has 112 valence electrons. The Morgan fingerprint density at radius 2 is 2.19 bits per heavy atom. The van der Waals surface area contributed by atoms with E-state index in [-0.39, 0.29) is 16.7 Å². The number of benzene rings is 1. The summed E-state index contributed by atoms with van der Waals surface area (Å²) in [4.78, 5) is 10.6. The molecule has 1 unspecified atom stereocenters. The second-order valence-electron chi connectivity index (χ2n) is 5.21. The average Bonchev–Trinajstić information content (AvgIpc) is 2.84. The summed E-state index contributed by atoms with van der Waals surface area (Å²) in [7, 11) is 1.89. The lowest BCUT2D eigenvalue weighted by Crippen LogP contribution is -2.21. The maximum Gasteiger partial charge on any atom is 0.272 e. The monoisotopic (exact) mass is 288 g/mol. The molecule has 1 aromatic heterocycles. The van der Waals surface area contributed by atoms with E-state index in [4.69, 9.17) is 0 Å². The fraction of sp³-hybridized carbons (Fsp3) is 0.400.